The Bertz CT molecular complexity index is 269. The first-order valence-corrected chi connectivity index (χ1v) is 5.89. The Morgan fingerprint density at radius 1 is 1.33 bits per heavy atom. The van der Waals surface area contributed by atoms with Crippen molar-refractivity contribution in [2.24, 2.45) is 11.7 Å². The Labute approximate surface area is 91.3 Å². The molecule has 0 saturated heterocycles. The van der Waals surface area contributed by atoms with Crippen LogP contribution in [0.3, 0.4) is 0 Å². The number of hydrogen-bond donors (Lipinski definition) is 1. The van der Waals surface area contributed by atoms with Crippen LogP contribution in [0.1, 0.15) is 32.1 Å². The molecule has 0 spiro atoms. The second kappa shape index (κ2) is 4.35. The van der Waals surface area contributed by atoms with Gasteiger partial charge in [-0.2, -0.15) is 0 Å². The highest BCUT2D eigenvalue weighted by Gasteiger charge is 2.30. The van der Waals surface area contributed by atoms with E-state index in [0.29, 0.717) is 6.04 Å². The zero-order valence-corrected chi connectivity index (χ0v) is 9.36. The van der Waals surface area contributed by atoms with Crippen molar-refractivity contribution in [2.75, 3.05) is 7.05 Å². The lowest BCUT2D eigenvalue weighted by atomic mass is 10.1. The van der Waals surface area contributed by atoms with E-state index in [1.54, 1.807) is 0 Å². The molecule has 15 heavy (non-hydrogen) atoms. The summed E-state index contributed by atoms with van der Waals surface area (Å²) in [6.07, 6.45) is 9.58. The average molecular weight is 208 g/mol. The average Bonchev–Trinajstić information content (AvgIpc) is 2.85. The van der Waals surface area contributed by atoms with Crippen LogP contribution in [0.25, 0.3) is 0 Å². The van der Waals surface area contributed by atoms with Crippen molar-refractivity contribution in [3.8, 4) is 0 Å². The Hall–Kier alpha value is -0.830. The summed E-state index contributed by atoms with van der Waals surface area (Å²) in [6, 6.07) is 0.554. The van der Waals surface area contributed by atoms with Crippen LogP contribution in [0.5, 0.6) is 0 Å². The van der Waals surface area contributed by atoms with Crippen LogP contribution < -0.4 is 5.73 Å². The van der Waals surface area contributed by atoms with Crippen molar-refractivity contribution < 1.29 is 4.79 Å². The van der Waals surface area contributed by atoms with Gasteiger partial charge in [-0.3, -0.25) is 4.79 Å². The zero-order chi connectivity index (χ0) is 10.8. The summed E-state index contributed by atoms with van der Waals surface area (Å²) in [6.45, 7) is 0. The Kier molecular flexibility index (Phi) is 3.10. The molecule has 0 bridgehead atoms. The van der Waals surface area contributed by atoms with Gasteiger partial charge in [0.05, 0.1) is 5.92 Å². The second-order valence-corrected chi connectivity index (χ2v) is 4.78. The monoisotopic (exact) mass is 208 g/mol. The van der Waals surface area contributed by atoms with Gasteiger partial charge >= 0.3 is 0 Å². The first-order valence-electron chi connectivity index (χ1n) is 5.89. The summed E-state index contributed by atoms with van der Waals surface area (Å²) in [7, 11) is 1.94. The van der Waals surface area contributed by atoms with E-state index in [1.807, 2.05) is 24.1 Å². The molecular weight excluding hydrogens is 188 g/mol. The molecule has 0 aromatic carbocycles. The van der Waals surface area contributed by atoms with E-state index in [2.05, 4.69) is 0 Å². The van der Waals surface area contributed by atoms with E-state index in [4.69, 9.17) is 5.73 Å². The minimum atomic E-state index is 0.0330. The maximum absolute atomic E-state index is 12.1. The molecule has 2 N–H and O–H groups in total. The topological polar surface area (TPSA) is 46.3 Å². The van der Waals surface area contributed by atoms with Crippen LogP contribution in [-0.2, 0) is 4.79 Å². The number of hydrogen-bond acceptors (Lipinski definition) is 2. The minimum absolute atomic E-state index is 0.0330. The zero-order valence-electron chi connectivity index (χ0n) is 9.36. The van der Waals surface area contributed by atoms with Crippen LogP contribution in [0.2, 0.25) is 0 Å². The van der Waals surface area contributed by atoms with Crippen LogP contribution in [0, 0.1) is 5.92 Å². The maximum atomic E-state index is 12.1. The standard InChI is InChI=1S/C12H20N2O/c1-14(11-4-2-3-5-11)12(15)9-6-7-10(13)8-9/h6-7,9-11H,2-5,8,13H2,1H3. The highest BCUT2D eigenvalue weighted by molar-refractivity contribution is 5.81. The molecular formula is C12H20N2O. The molecule has 0 heterocycles. The van der Waals surface area contributed by atoms with Gasteiger partial charge in [-0.15, -0.1) is 0 Å². The van der Waals surface area contributed by atoms with Crippen LogP contribution in [0.15, 0.2) is 12.2 Å². The summed E-state index contributed by atoms with van der Waals surface area (Å²) in [5, 5.41) is 0. The number of nitrogens with zero attached hydrogens (tertiary/aromatic N) is 1. The SMILES string of the molecule is CN(C(=O)C1C=CC(N)C1)C1CCCC1. The quantitative estimate of drug-likeness (QED) is 0.695. The lowest BCUT2D eigenvalue weighted by Crippen LogP contribution is -2.39. The molecule has 0 aliphatic heterocycles. The van der Waals surface area contributed by atoms with Crippen molar-refractivity contribution >= 4 is 5.91 Å². The van der Waals surface area contributed by atoms with Crippen molar-refractivity contribution in [1.29, 1.82) is 0 Å². The fourth-order valence-corrected chi connectivity index (χ4v) is 2.64. The summed E-state index contributed by atoms with van der Waals surface area (Å²) < 4.78 is 0. The van der Waals surface area contributed by atoms with Crippen LogP contribution in [-0.4, -0.2) is 29.9 Å². The number of carbonyl (C=O) groups excluding carboxylic acids is 1. The number of amides is 1. The summed E-state index contributed by atoms with van der Waals surface area (Å²) in [5.74, 6) is 0.289. The third-order valence-corrected chi connectivity index (χ3v) is 3.65. The molecule has 0 radical (unpaired) electrons. The lowest BCUT2D eigenvalue weighted by Gasteiger charge is -2.26. The highest BCUT2D eigenvalue weighted by atomic mass is 16.2. The van der Waals surface area contributed by atoms with Crippen molar-refractivity contribution in [3.63, 3.8) is 0 Å². The normalized spacial score (nSPS) is 31.1. The predicted molar refractivity (Wildman–Crippen MR) is 60.2 cm³/mol. The van der Waals surface area contributed by atoms with E-state index < -0.39 is 0 Å². The van der Waals surface area contributed by atoms with E-state index in [-0.39, 0.29) is 17.9 Å². The highest BCUT2D eigenvalue weighted by Crippen LogP contribution is 2.26. The molecule has 2 aliphatic rings. The molecule has 2 unspecified atom stereocenters. The lowest BCUT2D eigenvalue weighted by molar-refractivity contribution is -0.134. The maximum Gasteiger partial charge on any atom is 0.229 e. The van der Waals surface area contributed by atoms with Gasteiger partial charge in [-0.05, 0) is 19.3 Å². The molecule has 1 fully saturated rings. The van der Waals surface area contributed by atoms with Gasteiger partial charge in [0.15, 0.2) is 0 Å². The first-order chi connectivity index (χ1) is 7.18. The number of nitrogens with two attached hydrogens (primary N) is 1. The second-order valence-electron chi connectivity index (χ2n) is 4.78. The van der Waals surface area contributed by atoms with Gasteiger partial charge in [0.1, 0.15) is 0 Å². The molecule has 3 heteroatoms. The molecule has 1 amide bonds. The largest absolute Gasteiger partial charge is 0.342 e. The number of rotatable bonds is 2. The molecule has 3 nitrogen and oxygen atoms in total. The minimum Gasteiger partial charge on any atom is -0.342 e. The van der Waals surface area contributed by atoms with Crippen LogP contribution in [0.4, 0.5) is 0 Å². The van der Waals surface area contributed by atoms with Crippen molar-refractivity contribution in [3.05, 3.63) is 12.2 Å². The third-order valence-electron chi connectivity index (χ3n) is 3.65. The predicted octanol–water partition coefficient (Wildman–Crippen LogP) is 1.29. The molecule has 2 atom stereocenters. The van der Waals surface area contributed by atoms with Gasteiger partial charge in [0.2, 0.25) is 5.91 Å². The Morgan fingerprint density at radius 3 is 2.53 bits per heavy atom. The molecule has 0 aromatic rings. The van der Waals surface area contributed by atoms with Crippen molar-refractivity contribution in [1.82, 2.24) is 4.90 Å². The molecule has 1 saturated carbocycles. The third kappa shape index (κ3) is 2.23. The smallest absolute Gasteiger partial charge is 0.229 e. The molecule has 2 rings (SSSR count). The Balaban J connectivity index is 1.92. The van der Waals surface area contributed by atoms with E-state index in [9.17, 15) is 4.79 Å². The van der Waals surface area contributed by atoms with Crippen molar-refractivity contribution in [2.45, 2.75) is 44.2 Å². The van der Waals surface area contributed by atoms with E-state index in [0.717, 1.165) is 6.42 Å². The van der Waals surface area contributed by atoms with Gasteiger partial charge < -0.3 is 10.6 Å². The fourth-order valence-electron chi connectivity index (χ4n) is 2.64. The summed E-state index contributed by atoms with van der Waals surface area (Å²) in [4.78, 5) is 14.0. The van der Waals surface area contributed by atoms with Gasteiger partial charge in [-0.1, -0.05) is 25.0 Å². The van der Waals surface area contributed by atoms with Gasteiger partial charge in [0, 0.05) is 19.1 Å². The first kappa shape index (κ1) is 10.7. The molecule has 2 aliphatic carbocycles. The van der Waals surface area contributed by atoms with Crippen LogP contribution >= 0.6 is 0 Å². The van der Waals surface area contributed by atoms with Gasteiger partial charge in [-0.25, -0.2) is 0 Å². The van der Waals surface area contributed by atoms with E-state index >= 15 is 0 Å². The molecule has 0 aromatic heterocycles. The van der Waals surface area contributed by atoms with Gasteiger partial charge in [0.25, 0.3) is 0 Å². The molecule has 84 valence electrons. The summed E-state index contributed by atoms with van der Waals surface area (Å²) >= 11 is 0. The number of carbonyl (C=O) groups is 1. The van der Waals surface area contributed by atoms with E-state index in [1.165, 1.54) is 25.7 Å². The Morgan fingerprint density at radius 2 is 2.00 bits per heavy atom. The fraction of sp³-hybridized carbons (Fsp3) is 0.750. The summed E-state index contributed by atoms with van der Waals surface area (Å²) in [5.41, 5.74) is 5.76.